The number of hydrogen-bond acceptors (Lipinski definition) is 6. The molecule has 0 aliphatic heterocycles. The predicted octanol–water partition coefficient (Wildman–Crippen LogP) is 3.04. The highest BCUT2D eigenvalue weighted by Gasteiger charge is 2.19. The second-order valence-electron chi connectivity index (χ2n) is 8.57. The third-order valence-corrected chi connectivity index (χ3v) is 5.74. The number of rotatable bonds is 11. The number of carbonyl (C=O) groups is 1. The normalized spacial score (nSPS) is 18.3. The van der Waals surface area contributed by atoms with E-state index in [2.05, 4.69) is 0 Å². The molecule has 3 rings (SSSR count). The van der Waals surface area contributed by atoms with Gasteiger partial charge in [0.1, 0.15) is 23.1 Å². The van der Waals surface area contributed by atoms with Gasteiger partial charge < -0.3 is 32.4 Å². The maximum Gasteiger partial charge on any atom is 0.248 e. The molecule has 9 heteroatoms. The maximum absolute atomic E-state index is 11.5. The standard InChI is InChI=1S/C25H34N6O3/c26-17-7-9-18(10-8-17)31-24(29)21-12-11-20(15-22(21)33-13-2-1-6-23(27)28)34-19-5-3-4-16(14-19)25(30)32/h3-5,11-12,14-15,17-18H,1-2,6-10,13,26H2,(H3,27,28)(H2,29,31)(H2,30,32). The summed E-state index contributed by atoms with van der Waals surface area (Å²) in [5.74, 6) is 1.62. The lowest BCUT2D eigenvalue weighted by Crippen LogP contribution is -2.29. The number of nitrogens with one attached hydrogen (secondary N) is 1. The quantitative estimate of drug-likeness (QED) is 0.193. The molecule has 0 heterocycles. The van der Waals surface area contributed by atoms with Gasteiger partial charge in [-0.3, -0.25) is 15.2 Å². The van der Waals surface area contributed by atoms with Gasteiger partial charge in [-0.05, 0) is 68.9 Å². The summed E-state index contributed by atoms with van der Waals surface area (Å²) in [6.07, 6.45) is 5.75. The van der Waals surface area contributed by atoms with Crippen molar-refractivity contribution in [2.45, 2.75) is 57.0 Å². The number of primary amides is 1. The zero-order valence-electron chi connectivity index (χ0n) is 19.3. The van der Waals surface area contributed by atoms with Crippen LogP contribution in [-0.4, -0.2) is 36.3 Å². The molecule has 34 heavy (non-hydrogen) atoms. The summed E-state index contributed by atoms with van der Waals surface area (Å²) in [5.41, 5.74) is 24.2. The van der Waals surface area contributed by atoms with E-state index >= 15 is 0 Å². The molecule has 2 aromatic carbocycles. The van der Waals surface area contributed by atoms with Crippen LogP contribution in [0.3, 0.4) is 0 Å². The molecule has 0 aromatic heterocycles. The minimum atomic E-state index is -0.525. The molecular weight excluding hydrogens is 432 g/mol. The van der Waals surface area contributed by atoms with E-state index in [-0.39, 0.29) is 17.9 Å². The summed E-state index contributed by atoms with van der Waals surface area (Å²) < 4.78 is 12.0. The first kappa shape index (κ1) is 25.0. The van der Waals surface area contributed by atoms with Gasteiger partial charge >= 0.3 is 0 Å². The van der Waals surface area contributed by atoms with E-state index in [4.69, 9.17) is 42.8 Å². The van der Waals surface area contributed by atoms with Gasteiger partial charge in [0.2, 0.25) is 5.91 Å². The Morgan fingerprint density at radius 3 is 2.44 bits per heavy atom. The van der Waals surface area contributed by atoms with Crippen LogP contribution in [0.4, 0.5) is 0 Å². The minimum Gasteiger partial charge on any atom is -0.493 e. The molecule has 1 saturated carbocycles. The van der Waals surface area contributed by atoms with Crippen LogP contribution in [0, 0.1) is 5.41 Å². The Morgan fingerprint density at radius 2 is 1.74 bits per heavy atom. The van der Waals surface area contributed by atoms with E-state index in [0.717, 1.165) is 38.5 Å². The minimum absolute atomic E-state index is 0.149. The molecule has 1 aliphatic carbocycles. The monoisotopic (exact) mass is 466 g/mol. The number of unbranched alkanes of at least 4 members (excludes halogenated alkanes) is 1. The van der Waals surface area contributed by atoms with Crippen LogP contribution in [0.5, 0.6) is 17.2 Å². The van der Waals surface area contributed by atoms with Crippen LogP contribution in [0.15, 0.2) is 47.5 Å². The molecule has 1 aliphatic rings. The maximum atomic E-state index is 11.5. The SMILES string of the molecule is N=C(N)CCCCOc1cc(Oc2cccc(C(N)=O)c2)ccc1C(N)=NC1CCC(N)CC1. The molecule has 0 bridgehead atoms. The fraction of sp³-hybridized carbons (Fsp3) is 0.400. The molecule has 0 unspecified atom stereocenters. The first-order valence-electron chi connectivity index (χ1n) is 11.6. The van der Waals surface area contributed by atoms with Gasteiger partial charge in [-0.1, -0.05) is 6.07 Å². The van der Waals surface area contributed by atoms with E-state index in [9.17, 15) is 4.79 Å². The average molecular weight is 467 g/mol. The van der Waals surface area contributed by atoms with Crippen molar-refractivity contribution >= 4 is 17.6 Å². The molecule has 0 saturated heterocycles. The van der Waals surface area contributed by atoms with Crippen LogP contribution >= 0.6 is 0 Å². The molecule has 182 valence electrons. The average Bonchev–Trinajstić information content (AvgIpc) is 2.80. The Bertz CT molecular complexity index is 1030. The van der Waals surface area contributed by atoms with Gasteiger partial charge in [-0.15, -0.1) is 0 Å². The van der Waals surface area contributed by atoms with Gasteiger partial charge in [-0.25, -0.2) is 0 Å². The molecule has 1 fully saturated rings. The first-order chi connectivity index (χ1) is 16.3. The number of aliphatic imine (C=N–C) groups is 1. The molecule has 9 nitrogen and oxygen atoms in total. The number of benzene rings is 2. The summed E-state index contributed by atoms with van der Waals surface area (Å²) in [7, 11) is 0. The molecule has 0 atom stereocenters. The molecule has 0 spiro atoms. The van der Waals surface area contributed by atoms with Crippen LogP contribution < -0.4 is 32.4 Å². The summed E-state index contributed by atoms with van der Waals surface area (Å²) >= 11 is 0. The molecule has 2 aromatic rings. The molecule has 0 radical (unpaired) electrons. The smallest absolute Gasteiger partial charge is 0.248 e. The van der Waals surface area contributed by atoms with Crippen molar-refractivity contribution in [1.29, 1.82) is 5.41 Å². The second kappa shape index (κ2) is 12.0. The van der Waals surface area contributed by atoms with E-state index in [1.54, 1.807) is 36.4 Å². The Kier molecular flexibility index (Phi) is 8.86. The number of hydrogen-bond donors (Lipinski definition) is 5. The van der Waals surface area contributed by atoms with Crippen molar-refractivity contribution in [3.63, 3.8) is 0 Å². The molecular formula is C25H34N6O3. The summed E-state index contributed by atoms with van der Waals surface area (Å²) in [5, 5.41) is 7.35. The van der Waals surface area contributed by atoms with Crippen molar-refractivity contribution < 1.29 is 14.3 Å². The third kappa shape index (κ3) is 7.48. The van der Waals surface area contributed by atoms with Crippen LogP contribution in [0.1, 0.15) is 60.9 Å². The van der Waals surface area contributed by atoms with E-state index in [1.165, 1.54) is 0 Å². The summed E-state index contributed by atoms with van der Waals surface area (Å²) in [6, 6.07) is 12.4. The van der Waals surface area contributed by atoms with Crippen LogP contribution in [0.2, 0.25) is 0 Å². The number of carbonyl (C=O) groups excluding carboxylic acids is 1. The number of amides is 1. The number of ether oxygens (including phenoxy) is 2. The van der Waals surface area contributed by atoms with Gasteiger partial charge in [0.25, 0.3) is 0 Å². The van der Waals surface area contributed by atoms with Crippen LogP contribution in [0.25, 0.3) is 0 Å². The van der Waals surface area contributed by atoms with E-state index in [0.29, 0.717) is 47.2 Å². The van der Waals surface area contributed by atoms with Crippen molar-refractivity contribution in [2.24, 2.45) is 27.9 Å². The largest absolute Gasteiger partial charge is 0.493 e. The summed E-state index contributed by atoms with van der Waals surface area (Å²) in [6.45, 7) is 0.437. The number of amidine groups is 2. The first-order valence-corrected chi connectivity index (χ1v) is 11.6. The van der Waals surface area contributed by atoms with E-state index < -0.39 is 5.91 Å². The fourth-order valence-electron chi connectivity index (χ4n) is 3.84. The zero-order chi connectivity index (χ0) is 24.5. The van der Waals surface area contributed by atoms with Crippen LogP contribution in [-0.2, 0) is 0 Å². The Balaban J connectivity index is 1.79. The highest BCUT2D eigenvalue weighted by Crippen LogP contribution is 2.30. The van der Waals surface area contributed by atoms with Gasteiger partial charge in [0, 0.05) is 24.1 Å². The lowest BCUT2D eigenvalue weighted by Gasteiger charge is -2.23. The third-order valence-electron chi connectivity index (χ3n) is 5.74. The van der Waals surface area contributed by atoms with E-state index in [1.807, 2.05) is 6.07 Å². The van der Waals surface area contributed by atoms with Gasteiger partial charge in [0.15, 0.2) is 0 Å². The topological polar surface area (TPSA) is 176 Å². The number of nitrogens with two attached hydrogens (primary N) is 4. The molecule has 9 N–H and O–H groups in total. The highest BCUT2D eigenvalue weighted by atomic mass is 16.5. The number of nitrogens with zero attached hydrogens (tertiary/aromatic N) is 1. The Morgan fingerprint density at radius 1 is 1.00 bits per heavy atom. The van der Waals surface area contributed by atoms with Gasteiger partial charge in [-0.2, -0.15) is 0 Å². The molecule has 1 amide bonds. The fourth-order valence-corrected chi connectivity index (χ4v) is 3.84. The Hall–Kier alpha value is -3.59. The zero-order valence-corrected chi connectivity index (χ0v) is 19.3. The van der Waals surface area contributed by atoms with Crippen molar-refractivity contribution in [3.05, 3.63) is 53.6 Å². The Labute approximate surface area is 200 Å². The summed E-state index contributed by atoms with van der Waals surface area (Å²) in [4.78, 5) is 16.2. The predicted molar refractivity (Wildman–Crippen MR) is 134 cm³/mol. The van der Waals surface area contributed by atoms with Crippen molar-refractivity contribution in [2.75, 3.05) is 6.61 Å². The second-order valence-corrected chi connectivity index (χ2v) is 8.57. The lowest BCUT2D eigenvalue weighted by molar-refractivity contribution is 0.1000. The lowest BCUT2D eigenvalue weighted by atomic mass is 9.92. The van der Waals surface area contributed by atoms with Gasteiger partial charge in [0.05, 0.1) is 24.0 Å². The van der Waals surface area contributed by atoms with Crippen molar-refractivity contribution in [3.8, 4) is 17.2 Å². The van der Waals surface area contributed by atoms with Crippen molar-refractivity contribution in [1.82, 2.24) is 0 Å². The highest BCUT2D eigenvalue weighted by molar-refractivity contribution is 6.00.